The third-order valence-electron chi connectivity index (χ3n) is 4.79. The highest BCUT2D eigenvalue weighted by Crippen LogP contribution is 2.17. The summed E-state index contributed by atoms with van der Waals surface area (Å²) in [6.45, 7) is 4.29. The molecule has 0 radical (unpaired) electrons. The number of guanidine groups is 1. The molecule has 0 spiro atoms. The minimum absolute atomic E-state index is 0. The first kappa shape index (κ1) is 24.2. The lowest BCUT2D eigenvalue weighted by Crippen LogP contribution is -2.53. The molecular weight excluding hydrogens is 520 g/mol. The highest BCUT2D eigenvalue weighted by molar-refractivity contribution is 14.0. The molecule has 2 aromatic rings. The van der Waals surface area contributed by atoms with E-state index in [0.29, 0.717) is 23.7 Å². The Morgan fingerprint density at radius 2 is 1.67 bits per heavy atom. The van der Waals surface area contributed by atoms with Gasteiger partial charge in [-0.25, -0.2) is 4.39 Å². The van der Waals surface area contributed by atoms with Crippen molar-refractivity contribution in [1.82, 2.24) is 15.5 Å². The van der Waals surface area contributed by atoms with Crippen LogP contribution in [0, 0.1) is 5.82 Å². The summed E-state index contributed by atoms with van der Waals surface area (Å²) in [6.07, 6.45) is 0. The summed E-state index contributed by atoms with van der Waals surface area (Å²) in [5.74, 6) is 0.384. The molecule has 0 atom stereocenters. The fourth-order valence-electron chi connectivity index (χ4n) is 3.25. The van der Waals surface area contributed by atoms with E-state index >= 15 is 0 Å². The van der Waals surface area contributed by atoms with Crippen molar-refractivity contribution in [3.05, 3.63) is 64.9 Å². The second-order valence-corrected chi connectivity index (χ2v) is 7.07. The van der Waals surface area contributed by atoms with Crippen molar-refractivity contribution in [2.45, 2.75) is 0 Å². The van der Waals surface area contributed by atoms with Crippen LogP contribution in [-0.2, 0) is 0 Å². The number of hydrogen-bond acceptors (Lipinski definition) is 3. The lowest BCUT2D eigenvalue weighted by atomic mass is 10.2. The molecule has 6 nitrogen and oxygen atoms in total. The lowest BCUT2D eigenvalue weighted by Gasteiger charge is -2.37. The normalized spacial score (nSPS) is 14.2. The van der Waals surface area contributed by atoms with Crippen molar-refractivity contribution in [3.63, 3.8) is 0 Å². The Balaban J connectivity index is 0.00000320. The van der Waals surface area contributed by atoms with Crippen LogP contribution in [0.1, 0.15) is 10.4 Å². The second kappa shape index (κ2) is 11.9. The summed E-state index contributed by atoms with van der Waals surface area (Å²) in [6, 6.07) is 13.6. The largest absolute Gasteiger partial charge is 0.368 e. The Kier molecular flexibility index (Phi) is 9.64. The maximum atomic E-state index is 13.1. The quantitative estimate of drug-likeness (QED) is 0.262. The third-order valence-corrected chi connectivity index (χ3v) is 5.12. The molecule has 0 saturated carbocycles. The van der Waals surface area contributed by atoms with Crippen LogP contribution in [0.2, 0.25) is 5.02 Å². The highest BCUT2D eigenvalue weighted by Gasteiger charge is 2.19. The second-order valence-electron chi connectivity index (χ2n) is 6.66. The molecule has 30 heavy (non-hydrogen) atoms. The van der Waals surface area contributed by atoms with Gasteiger partial charge in [0.05, 0.1) is 10.6 Å². The van der Waals surface area contributed by atoms with Gasteiger partial charge in [0.25, 0.3) is 5.91 Å². The molecule has 0 bridgehead atoms. The van der Waals surface area contributed by atoms with Gasteiger partial charge >= 0.3 is 0 Å². The number of carbonyl (C=O) groups excluding carboxylic acids is 1. The fraction of sp³-hybridized carbons (Fsp3) is 0.333. The number of aliphatic imine (C=N–C) groups is 1. The van der Waals surface area contributed by atoms with Crippen molar-refractivity contribution in [2.24, 2.45) is 4.99 Å². The monoisotopic (exact) mass is 545 g/mol. The smallest absolute Gasteiger partial charge is 0.252 e. The maximum Gasteiger partial charge on any atom is 0.252 e. The van der Waals surface area contributed by atoms with Crippen LogP contribution >= 0.6 is 35.6 Å². The molecule has 0 unspecified atom stereocenters. The number of amides is 1. The number of nitrogens with zero attached hydrogens (tertiary/aromatic N) is 3. The van der Waals surface area contributed by atoms with E-state index in [1.165, 1.54) is 12.1 Å². The average Bonchev–Trinajstić information content (AvgIpc) is 2.75. The summed E-state index contributed by atoms with van der Waals surface area (Å²) >= 11 is 6.05. The van der Waals surface area contributed by atoms with Gasteiger partial charge < -0.3 is 20.4 Å². The molecule has 0 aliphatic carbocycles. The highest BCUT2D eigenvalue weighted by atomic mass is 127. The van der Waals surface area contributed by atoms with E-state index in [1.807, 2.05) is 0 Å². The van der Waals surface area contributed by atoms with Crippen molar-refractivity contribution in [3.8, 4) is 0 Å². The van der Waals surface area contributed by atoms with Gasteiger partial charge in [-0.1, -0.05) is 23.7 Å². The van der Waals surface area contributed by atoms with Crippen LogP contribution in [-0.4, -0.2) is 63.1 Å². The summed E-state index contributed by atoms with van der Waals surface area (Å²) in [4.78, 5) is 20.9. The number of piperazine rings is 1. The van der Waals surface area contributed by atoms with Gasteiger partial charge in [0.1, 0.15) is 5.82 Å². The number of anilines is 1. The minimum atomic E-state index is -0.224. The molecule has 1 aliphatic heterocycles. The first-order valence-corrected chi connectivity index (χ1v) is 9.95. The summed E-state index contributed by atoms with van der Waals surface area (Å²) in [7, 11) is 1.75. The molecule has 1 amide bonds. The third kappa shape index (κ3) is 6.46. The number of halogens is 3. The van der Waals surface area contributed by atoms with Crippen molar-refractivity contribution >= 4 is 53.1 Å². The van der Waals surface area contributed by atoms with Crippen LogP contribution in [0.15, 0.2) is 53.5 Å². The van der Waals surface area contributed by atoms with Gasteiger partial charge in [0, 0.05) is 52.0 Å². The first-order valence-electron chi connectivity index (χ1n) is 9.57. The molecular formula is C21H26ClFIN5O. The molecule has 1 aliphatic rings. The van der Waals surface area contributed by atoms with Gasteiger partial charge in [-0.05, 0) is 36.4 Å². The SMILES string of the molecule is CN=C(NCCNC(=O)c1ccccc1Cl)N1CCN(c2ccc(F)cc2)CC1.I. The Bertz CT molecular complexity index is 857. The maximum absolute atomic E-state index is 13.1. The van der Waals surface area contributed by atoms with Gasteiger partial charge in [-0.3, -0.25) is 9.79 Å². The van der Waals surface area contributed by atoms with Gasteiger partial charge in [-0.15, -0.1) is 24.0 Å². The van der Waals surface area contributed by atoms with E-state index in [1.54, 1.807) is 43.4 Å². The van der Waals surface area contributed by atoms with Gasteiger partial charge in [0.15, 0.2) is 5.96 Å². The van der Waals surface area contributed by atoms with Gasteiger partial charge in [-0.2, -0.15) is 0 Å². The van der Waals surface area contributed by atoms with Crippen LogP contribution in [0.3, 0.4) is 0 Å². The molecule has 1 saturated heterocycles. The fourth-order valence-corrected chi connectivity index (χ4v) is 3.47. The number of nitrogens with one attached hydrogen (secondary N) is 2. The van der Waals surface area contributed by atoms with E-state index in [0.717, 1.165) is 37.8 Å². The zero-order valence-corrected chi connectivity index (χ0v) is 19.9. The van der Waals surface area contributed by atoms with E-state index in [9.17, 15) is 9.18 Å². The van der Waals surface area contributed by atoms with Crippen LogP contribution in [0.5, 0.6) is 0 Å². The van der Waals surface area contributed by atoms with Crippen LogP contribution in [0.4, 0.5) is 10.1 Å². The zero-order valence-electron chi connectivity index (χ0n) is 16.8. The molecule has 9 heteroatoms. The summed E-state index contributed by atoms with van der Waals surface area (Å²) < 4.78 is 13.1. The van der Waals surface area contributed by atoms with Crippen LogP contribution < -0.4 is 15.5 Å². The van der Waals surface area contributed by atoms with Crippen LogP contribution in [0.25, 0.3) is 0 Å². The number of hydrogen-bond donors (Lipinski definition) is 2. The summed E-state index contributed by atoms with van der Waals surface area (Å²) in [5, 5.41) is 6.58. The van der Waals surface area contributed by atoms with E-state index < -0.39 is 0 Å². The van der Waals surface area contributed by atoms with Crippen molar-refractivity contribution in [2.75, 3.05) is 51.2 Å². The predicted octanol–water partition coefficient (Wildman–Crippen LogP) is 3.22. The molecule has 2 N–H and O–H groups in total. The Hall–Kier alpha value is -2.07. The molecule has 2 aromatic carbocycles. The molecule has 1 heterocycles. The van der Waals surface area contributed by atoms with E-state index in [2.05, 4.69) is 25.4 Å². The minimum Gasteiger partial charge on any atom is -0.368 e. The Morgan fingerprint density at radius 1 is 1.03 bits per heavy atom. The zero-order chi connectivity index (χ0) is 20.6. The first-order chi connectivity index (χ1) is 14.1. The van der Waals surface area contributed by atoms with E-state index in [4.69, 9.17) is 11.6 Å². The number of rotatable bonds is 5. The number of benzene rings is 2. The Morgan fingerprint density at radius 3 is 2.30 bits per heavy atom. The summed E-state index contributed by atoms with van der Waals surface area (Å²) in [5.41, 5.74) is 1.49. The standard InChI is InChI=1S/C21H25ClFN5O.HI/c1-24-21(26-11-10-25-20(29)18-4-2-3-5-19(18)22)28-14-12-27(13-15-28)17-8-6-16(23)7-9-17;/h2-9H,10-15H2,1H3,(H,24,26)(H,25,29);1H. The molecule has 162 valence electrons. The topological polar surface area (TPSA) is 60.0 Å². The lowest BCUT2D eigenvalue weighted by molar-refractivity contribution is 0.0954. The molecule has 1 fully saturated rings. The molecule has 0 aromatic heterocycles. The van der Waals surface area contributed by atoms with Crippen molar-refractivity contribution in [1.29, 1.82) is 0 Å². The van der Waals surface area contributed by atoms with E-state index in [-0.39, 0.29) is 35.7 Å². The average molecular weight is 546 g/mol. The number of carbonyl (C=O) groups is 1. The van der Waals surface area contributed by atoms with Gasteiger partial charge in [0.2, 0.25) is 0 Å². The Labute approximate surface area is 198 Å². The molecule has 3 rings (SSSR count). The predicted molar refractivity (Wildman–Crippen MR) is 131 cm³/mol. The van der Waals surface area contributed by atoms with Crippen molar-refractivity contribution < 1.29 is 9.18 Å².